The van der Waals surface area contributed by atoms with Gasteiger partial charge in [-0.2, -0.15) is 4.72 Å². The van der Waals surface area contributed by atoms with Crippen LogP contribution in [0.2, 0.25) is 0 Å². The van der Waals surface area contributed by atoms with E-state index in [4.69, 9.17) is 4.74 Å². The summed E-state index contributed by atoms with van der Waals surface area (Å²) >= 11 is 0.803. The first-order valence-corrected chi connectivity index (χ1v) is 10.9. The SMILES string of the molecule is CC(=O)Nc1ncc(S(=O)(=O)NC2C(C(=O)OC(C)(C)C)=Nc3ccccc32)s1. The summed E-state index contributed by atoms with van der Waals surface area (Å²) in [4.78, 5) is 32.0. The van der Waals surface area contributed by atoms with Crippen LogP contribution in [0.5, 0.6) is 0 Å². The zero-order valence-electron chi connectivity index (χ0n) is 16.2. The maximum Gasteiger partial charge on any atom is 0.355 e. The molecule has 2 N–H and O–H groups in total. The van der Waals surface area contributed by atoms with Gasteiger partial charge >= 0.3 is 5.97 Å². The number of nitrogens with one attached hydrogen (secondary N) is 2. The highest BCUT2D eigenvalue weighted by atomic mass is 32.2. The highest BCUT2D eigenvalue weighted by molar-refractivity contribution is 7.91. The Labute approximate surface area is 172 Å². The summed E-state index contributed by atoms with van der Waals surface area (Å²) in [6.45, 7) is 6.45. The summed E-state index contributed by atoms with van der Waals surface area (Å²) < 4.78 is 33.6. The Balaban J connectivity index is 1.92. The van der Waals surface area contributed by atoms with Gasteiger partial charge in [-0.15, -0.1) is 0 Å². The number of aromatic nitrogens is 1. The van der Waals surface area contributed by atoms with Gasteiger partial charge in [-0.05, 0) is 26.8 Å². The van der Waals surface area contributed by atoms with Crippen LogP contribution in [0.25, 0.3) is 0 Å². The van der Waals surface area contributed by atoms with E-state index < -0.39 is 27.6 Å². The van der Waals surface area contributed by atoms with Crippen molar-refractivity contribution in [1.82, 2.24) is 9.71 Å². The van der Waals surface area contributed by atoms with E-state index in [0.29, 0.717) is 11.3 Å². The second-order valence-corrected chi connectivity index (χ2v) is 10.2. The number of benzene rings is 1. The minimum Gasteiger partial charge on any atom is -0.455 e. The molecule has 0 spiro atoms. The zero-order valence-corrected chi connectivity index (χ0v) is 17.8. The molecular weight excluding hydrogens is 416 g/mol. The standard InChI is InChI=1S/C18H20N4O5S2/c1-10(23)20-17-19-9-13(28-17)29(25,26)22-14-11-7-5-6-8-12(11)21-15(14)16(24)27-18(2,3)4/h5-9,14,22H,1-4H3,(H,19,20,23). The largest absolute Gasteiger partial charge is 0.455 e. The number of thiazole rings is 1. The van der Waals surface area contributed by atoms with Crippen LogP contribution in [0.4, 0.5) is 10.8 Å². The molecule has 1 amide bonds. The number of nitrogens with zero attached hydrogens (tertiary/aromatic N) is 2. The molecule has 0 radical (unpaired) electrons. The van der Waals surface area contributed by atoms with Crippen molar-refractivity contribution in [3.05, 3.63) is 36.0 Å². The summed E-state index contributed by atoms with van der Waals surface area (Å²) in [6, 6.07) is 5.86. The fraction of sp³-hybridized carbons (Fsp3) is 0.333. The number of carbonyl (C=O) groups is 2. The summed E-state index contributed by atoms with van der Waals surface area (Å²) in [5.74, 6) is -1.06. The Hall–Kier alpha value is -2.63. The van der Waals surface area contributed by atoms with E-state index in [9.17, 15) is 18.0 Å². The van der Waals surface area contributed by atoms with Gasteiger partial charge in [-0.3, -0.25) is 4.79 Å². The van der Waals surface area contributed by atoms with Crippen molar-refractivity contribution in [2.45, 2.75) is 43.5 Å². The first-order chi connectivity index (χ1) is 13.5. The third kappa shape index (κ3) is 4.86. The van der Waals surface area contributed by atoms with Crippen LogP contribution >= 0.6 is 11.3 Å². The lowest BCUT2D eigenvalue weighted by atomic mass is 10.0. The summed E-state index contributed by atoms with van der Waals surface area (Å²) in [6.07, 6.45) is 1.14. The number of fused-ring (bicyclic) bond motifs is 1. The summed E-state index contributed by atoms with van der Waals surface area (Å²) in [7, 11) is -4.05. The van der Waals surface area contributed by atoms with Crippen molar-refractivity contribution >= 4 is 49.8 Å². The van der Waals surface area contributed by atoms with Crippen LogP contribution < -0.4 is 10.0 Å². The molecule has 0 fully saturated rings. The van der Waals surface area contributed by atoms with Crippen LogP contribution in [0.1, 0.15) is 39.3 Å². The average Bonchev–Trinajstić information content (AvgIpc) is 3.18. The molecule has 0 aliphatic carbocycles. The van der Waals surface area contributed by atoms with Gasteiger partial charge in [0.1, 0.15) is 11.3 Å². The van der Waals surface area contributed by atoms with Crippen molar-refractivity contribution in [1.29, 1.82) is 0 Å². The number of ether oxygens (including phenoxy) is 1. The van der Waals surface area contributed by atoms with Crippen LogP contribution in [0.3, 0.4) is 0 Å². The van der Waals surface area contributed by atoms with Gasteiger partial charge < -0.3 is 10.1 Å². The highest BCUT2D eigenvalue weighted by Gasteiger charge is 2.37. The summed E-state index contributed by atoms with van der Waals surface area (Å²) in [5.41, 5.74) is 0.229. The molecule has 0 saturated carbocycles. The van der Waals surface area contributed by atoms with E-state index in [0.717, 1.165) is 17.5 Å². The van der Waals surface area contributed by atoms with Gasteiger partial charge in [0.15, 0.2) is 9.34 Å². The number of hydrogen-bond acceptors (Lipinski definition) is 8. The molecular formula is C18H20N4O5S2. The van der Waals surface area contributed by atoms with E-state index in [1.165, 1.54) is 6.92 Å². The van der Waals surface area contributed by atoms with Gasteiger partial charge in [0.25, 0.3) is 10.0 Å². The lowest BCUT2D eigenvalue weighted by Crippen LogP contribution is -2.38. The number of rotatable bonds is 5. The Bertz CT molecular complexity index is 1100. The zero-order chi connectivity index (χ0) is 21.4. The third-order valence-corrected chi connectivity index (χ3v) is 6.47. The Morgan fingerprint density at radius 3 is 2.55 bits per heavy atom. The van der Waals surface area contributed by atoms with Crippen molar-refractivity contribution in [2.24, 2.45) is 4.99 Å². The Morgan fingerprint density at radius 1 is 1.21 bits per heavy atom. The predicted molar refractivity (Wildman–Crippen MR) is 109 cm³/mol. The number of hydrogen-bond donors (Lipinski definition) is 2. The van der Waals surface area contributed by atoms with Crippen LogP contribution in [0.15, 0.2) is 39.7 Å². The molecule has 0 bridgehead atoms. The molecule has 154 valence electrons. The molecule has 9 nitrogen and oxygen atoms in total. The number of amides is 1. The highest BCUT2D eigenvalue weighted by Crippen LogP contribution is 2.36. The van der Waals surface area contributed by atoms with E-state index in [1.807, 2.05) is 0 Å². The van der Waals surface area contributed by atoms with Crippen LogP contribution in [-0.4, -0.2) is 36.6 Å². The third-order valence-electron chi connectivity index (χ3n) is 3.68. The second kappa shape index (κ2) is 7.65. The topological polar surface area (TPSA) is 127 Å². The quantitative estimate of drug-likeness (QED) is 0.694. The number of anilines is 1. The first-order valence-electron chi connectivity index (χ1n) is 8.63. The smallest absolute Gasteiger partial charge is 0.355 e. The van der Waals surface area contributed by atoms with E-state index in [1.54, 1.807) is 45.0 Å². The van der Waals surface area contributed by atoms with Gasteiger partial charge in [0, 0.05) is 12.5 Å². The molecule has 1 aliphatic heterocycles. The van der Waals surface area contributed by atoms with Gasteiger partial charge in [0.05, 0.1) is 17.9 Å². The Morgan fingerprint density at radius 2 is 1.90 bits per heavy atom. The first kappa shape index (κ1) is 21.1. The lowest BCUT2D eigenvalue weighted by molar-refractivity contribution is -0.146. The fourth-order valence-corrected chi connectivity index (χ4v) is 4.87. The molecule has 2 heterocycles. The summed E-state index contributed by atoms with van der Waals surface area (Å²) in [5, 5.41) is 2.60. The monoisotopic (exact) mass is 436 g/mol. The molecule has 1 aliphatic rings. The van der Waals surface area contributed by atoms with Gasteiger partial charge in [0.2, 0.25) is 5.91 Å². The average molecular weight is 437 g/mol. The predicted octanol–water partition coefficient (Wildman–Crippen LogP) is 2.55. The number of para-hydroxylation sites is 1. The molecule has 1 unspecified atom stereocenters. The maximum absolute atomic E-state index is 12.9. The molecule has 1 atom stereocenters. The normalized spacial score (nSPS) is 16.1. The number of aliphatic imine (C=N–C) groups is 1. The number of sulfonamides is 1. The maximum atomic E-state index is 12.9. The van der Waals surface area contributed by atoms with Crippen molar-refractivity contribution in [3.8, 4) is 0 Å². The fourth-order valence-electron chi connectivity index (χ4n) is 2.59. The molecule has 29 heavy (non-hydrogen) atoms. The minimum absolute atomic E-state index is 0.0451. The lowest BCUT2D eigenvalue weighted by Gasteiger charge is -2.21. The van der Waals surface area contributed by atoms with Crippen LogP contribution in [-0.2, 0) is 24.3 Å². The van der Waals surface area contributed by atoms with Crippen molar-refractivity contribution in [2.75, 3.05) is 5.32 Å². The van der Waals surface area contributed by atoms with Gasteiger partial charge in [-0.1, -0.05) is 29.5 Å². The minimum atomic E-state index is -4.05. The number of carbonyl (C=O) groups excluding carboxylic acids is 2. The van der Waals surface area contributed by atoms with Crippen molar-refractivity contribution < 1.29 is 22.7 Å². The van der Waals surface area contributed by atoms with E-state index in [-0.39, 0.29) is 21.0 Å². The Kier molecular flexibility index (Phi) is 5.57. The van der Waals surface area contributed by atoms with E-state index in [2.05, 4.69) is 20.0 Å². The molecule has 0 saturated heterocycles. The molecule has 1 aromatic carbocycles. The molecule has 1 aromatic heterocycles. The number of esters is 1. The van der Waals surface area contributed by atoms with Gasteiger partial charge in [-0.25, -0.2) is 23.2 Å². The molecule has 11 heteroatoms. The molecule has 2 aromatic rings. The second-order valence-electron chi connectivity index (χ2n) is 7.28. The van der Waals surface area contributed by atoms with Crippen LogP contribution in [0, 0.1) is 0 Å². The molecule has 3 rings (SSSR count). The van der Waals surface area contributed by atoms with Crippen molar-refractivity contribution in [3.63, 3.8) is 0 Å². The van der Waals surface area contributed by atoms with E-state index >= 15 is 0 Å².